The maximum absolute atomic E-state index is 2.97. The normalized spacial score (nSPS) is 28.6. The van der Waals surface area contributed by atoms with E-state index >= 15 is 0 Å². The molecule has 20 heavy (non-hydrogen) atoms. The van der Waals surface area contributed by atoms with Crippen molar-refractivity contribution < 1.29 is 0 Å². The van der Waals surface area contributed by atoms with E-state index in [9.17, 15) is 0 Å². The molecule has 3 saturated carbocycles. The van der Waals surface area contributed by atoms with Gasteiger partial charge in [0.05, 0.1) is 0 Å². The van der Waals surface area contributed by atoms with E-state index in [1.54, 1.807) is 96.3 Å². The summed E-state index contributed by atoms with van der Waals surface area (Å²) in [5, 5.41) is 0. The van der Waals surface area contributed by atoms with Crippen LogP contribution in [0.4, 0.5) is 0 Å². The van der Waals surface area contributed by atoms with Crippen molar-refractivity contribution in [1.82, 2.24) is 0 Å². The fourth-order valence-corrected chi connectivity index (χ4v) is 26.0. The topological polar surface area (TPSA) is 0 Å². The van der Waals surface area contributed by atoms with Gasteiger partial charge in [0, 0.05) is 0 Å². The summed E-state index contributed by atoms with van der Waals surface area (Å²) < 4.78 is 3.85. The summed E-state index contributed by atoms with van der Waals surface area (Å²) in [6, 6.07) is 0. The predicted molar refractivity (Wildman–Crippen MR) is 92.1 cm³/mol. The van der Waals surface area contributed by atoms with E-state index in [2.05, 4.69) is 4.94 Å². The summed E-state index contributed by atoms with van der Waals surface area (Å²) in [5.74, 6) is 0. The minimum atomic E-state index is -1.95. The van der Waals surface area contributed by atoms with Crippen LogP contribution in [0, 0.1) is 0 Å². The van der Waals surface area contributed by atoms with E-state index in [0.29, 0.717) is 0 Å². The number of hydrogen-bond donors (Lipinski definition) is 0. The van der Waals surface area contributed by atoms with Crippen molar-refractivity contribution >= 4 is 18.4 Å². The molecule has 0 spiro atoms. The molecule has 0 atom stereocenters. The van der Waals surface area contributed by atoms with Crippen molar-refractivity contribution in [1.29, 1.82) is 0 Å². The van der Waals surface area contributed by atoms with E-state index < -0.39 is 18.4 Å². The molecule has 0 N–H and O–H groups in total. The first-order valence-electron chi connectivity index (χ1n) is 9.82. The molecule has 0 saturated heterocycles. The first-order chi connectivity index (χ1) is 9.82. The molecule has 3 rings (SSSR count). The summed E-state index contributed by atoms with van der Waals surface area (Å²) in [7, 11) is 0. The molecule has 0 amide bonds. The summed E-state index contributed by atoms with van der Waals surface area (Å²) in [4.78, 5) is 2.97. The van der Waals surface area contributed by atoms with Crippen LogP contribution in [-0.4, -0.2) is 18.4 Å². The molecule has 0 aromatic carbocycles. The fourth-order valence-electron chi connectivity index (χ4n) is 6.17. The average Bonchev–Trinajstić information content (AvgIpc) is 2.56. The Hall–Kier alpha value is 0.799. The summed E-state index contributed by atoms with van der Waals surface area (Å²) in [6.07, 6.45) is 24.0. The van der Waals surface area contributed by atoms with Crippen LogP contribution in [0.5, 0.6) is 0 Å². The Labute approximate surface area is 131 Å². The summed E-state index contributed by atoms with van der Waals surface area (Å²) >= 11 is -1.95. The van der Waals surface area contributed by atoms with Crippen LogP contribution in [0.15, 0.2) is 0 Å². The minimum absolute atomic E-state index is 1.28. The van der Waals surface area contributed by atoms with Gasteiger partial charge in [0.25, 0.3) is 0 Å². The van der Waals surface area contributed by atoms with Crippen LogP contribution in [0.3, 0.4) is 0 Å². The molecule has 0 radical (unpaired) electrons. The monoisotopic (exact) mass is 384 g/mol. The van der Waals surface area contributed by atoms with Gasteiger partial charge >= 0.3 is 131 Å². The summed E-state index contributed by atoms with van der Waals surface area (Å²) in [6.45, 7) is 0. The molecule has 0 aliphatic heterocycles. The van der Waals surface area contributed by atoms with E-state index in [-0.39, 0.29) is 0 Å². The molecule has 0 aromatic heterocycles. The second-order valence-corrected chi connectivity index (χ2v) is 23.2. The second-order valence-electron chi connectivity index (χ2n) is 8.37. The van der Waals surface area contributed by atoms with Crippen molar-refractivity contribution in [3.05, 3.63) is 0 Å². The van der Waals surface area contributed by atoms with Crippen LogP contribution >= 0.6 is 0 Å². The molecule has 0 heterocycles. The third-order valence-electron chi connectivity index (χ3n) is 7.45. The van der Waals surface area contributed by atoms with Gasteiger partial charge in [0.2, 0.25) is 0 Å². The van der Waals surface area contributed by atoms with Gasteiger partial charge < -0.3 is 0 Å². The van der Waals surface area contributed by atoms with Crippen LogP contribution < -0.4 is 0 Å². The van der Waals surface area contributed by atoms with Gasteiger partial charge in [-0.3, -0.25) is 0 Å². The molecule has 0 aromatic rings. The Kier molecular flexibility index (Phi) is 5.78. The third kappa shape index (κ3) is 3.25. The van der Waals surface area contributed by atoms with E-state index in [0.717, 1.165) is 0 Å². The van der Waals surface area contributed by atoms with Crippen LogP contribution in [-0.2, 0) is 0 Å². The van der Waals surface area contributed by atoms with E-state index in [1.165, 1.54) is 11.8 Å². The van der Waals surface area contributed by atoms with Gasteiger partial charge in [-0.2, -0.15) is 0 Å². The Bertz CT molecular complexity index is 235. The van der Waals surface area contributed by atoms with E-state index in [1.807, 2.05) is 0 Å². The first-order valence-corrected chi connectivity index (χ1v) is 17.6. The van der Waals surface area contributed by atoms with Gasteiger partial charge in [0.15, 0.2) is 0 Å². The quantitative estimate of drug-likeness (QED) is 0.458. The maximum atomic E-state index is 2.97. The second kappa shape index (κ2) is 7.38. The fraction of sp³-hybridized carbons (Fsp3) is 1.00. The van der Waals surface area contributed by atoms with E-state index in [4.69, 9.17) is 0 Å². The molecule has 1 heteroatoms. The molecular formula is C19H36Sn. The Morgan fingerprint density at radius 3 is 0.950 bits per heavy atom. The zero-order chi connectivity index (χ0) is 13.8. The van der Waals surface area contributed by atoms with Gasteiger partial charge in [-0.15, -0.1) is 0 Å². The Morgan fingerprint density at radius 1 is 0.450 bits per heavy atom. The molecule has 3 fully saturated rings. The standard InChI is InChI=1S/3C6H11.CH3.Sn/c3*1-2-4-6-5-3-1;;/h3*1H,2-6H2;1H3;. The van der Waals surface area contributed by atoms with Crippen molar-refractivity contribution in [3.63, 3.8) is 0 Å². The van der Waals surface area contributed by atoms with Crippen LogP contribution in [0.1, 0.15) is 96.3 Å². The zero-order valence-electron chi connectivity index (χ0n) is 13.8. The zero-order valence-corrected chi connectivity index (χ0v) is 16.7. The van der Waals surface area contributed by atoms with Crippen molar-refractivity contribution in [2.75, 3.05) is 0 Å². The molecule has 0 nitrogen and oxygen atoms in total. The van der Waals surface area contributed by atoms with Crippen LogP contribution in [0.2, 0.25) is 16.7 Å². The molecule has 3 aliphatic rings. The molecule has 0 bridgehead atoms. The molecule has 0 unspecified atom stereocenters. The molecule has 116 valence electrons. The van der Waals surface area contributed by atoms with Crippen LogP contribution in [0.25, 0.3) is 0 Å². The molecular weight excluding hydrogens is 347 g/mol. The SMILES string of the molecule is [CH3][Sn]([CH]1CCCCC1)([CH]1CCCCC1)[CH]1CCCCC1. The molecule has 3 aliphatic carbocycles. The Balaban J connectivity index is 1.79. The summed E-state index contributed by atoms with van der Waals surface area (Å²) in [5.41, 5.74) is 0. The third-order valence-corrected chi connectivity index (χ3v) is 27.5. The van der Waals surface area contributed by atoms with Gasteiger partial charge in [-0.05, 0) is 0 Å². The number of rotatable bonds is 3. The van der Waals surface area contributed by atoms with Gasteiger partial charge in [-0.25, -0.2) is 0 Å². The van der Waals surface area contributed by atoms with Crippen molar-refractivity contribution in [2.45, 2.75) is 113 Å². The average molecular weight is 383 g/mol. The first kappa shape index (κ1) is 15.7. The van der Waals surface area contributed by atoms with Gasteiger partial charge in [0.1, 0.15) is 0 Å². The predicted octanol–water partition coefficient (Wildman–Crippen LogP) is 7.07. The van der Waals surface area contributed by atoms with Crippen molar-refractivity contribution in [3.8, 4) is 0 Å². The van der Waals surface area contributed by atoms with Crippen molar-refractivity contribution in [2.24, 2.45) is 0 Å². The Morgan fingerprint density at radius 2 is 0.700 bits per heavy atom. The number of hydrogen-bond acceptors (Lipinski definition) is 0. The van der Waals surface area contributed by atoms with Gasteiger partial charge in [-0.1, -0.05) is 0 Å².